The number of piperidine rings is 1. The van der Waals surface area contributed by atoms with Gasteiger partial charge in [0, 0.05) is 32.0 Å². The number of rotatable bonds is 7. The number of carbonyl (C=O) groups excluding carboxylic acids is 1. The Morgan fingerprint density at radius 1 is 0.909 bits per heavy atom. The molecule has 0 bridgehead atoms. The number of hydrogen-bond acceptors (Lipinski definition) is 4. The highest BCUT2D eigenvalue weighted by molar-refractivity contribution is 7.22. The zero-order valence-corrected chi connectivity index (χ0v) is 19.5. The average molecular weight is 456 g/mol. The molecule has 0 spiro atoms. The van der Waals surface area contributed by atoms with E-state index in [0.717, 1.165) is 43.1 Å². The van der Waals surface area contributed by atoms with Crippen molar-refractivity contribution in [3.63, 3.8) is 0 Å². The summed E-state index contributed by atoms with van der Waals surface area (Å²) in [5.41, 5.74) is 3.45. The lowest BCUT2D eigenvalue weighted by Crippen LogP contribution is -2.38. The number of carbonyl (C=O) groups is 1. The third-order valence-electron chi connectivity index (χ3n) is 6.55. The molecule has 0 atom stereocenters. The van der Waals surface area contributed by atoms with E-state index in [1.165, 1.54) is 15.8 Å². The van der Waals surface area contributed by atoms with Gasteiger partial charge < -0.3 is 10.2 Å². The van der Waals surface area contributed by atoms with Gasteiger partial charge in [-0.1, -0.05) is 84.1 Å². The molecule has 2 heterocycles. The lowest BCUT2D eigenvalue weighted by Gasteiger charge is -2.31. The van der Waals surface area contributed by atoms with Crippen molar-refractivity contribution in [2.75, 3.05) is 24.5 Å². The average Bonchev–Trinajstić information content (AvgIpc) is 3.32. The van der Waals surface area contributed by atoms with Crippen LogP contribution in [0, 0.1) is 5.92 Å². The van der Waals surface area contributed by atoms with Crippen molar-refractivity contribution in [2.24, 2.45) is 5.92 Å². The summed E-state index contributed by atoms with van der Waals surface area (Å²) in [7, 11) is 0. The zero-order chi connectivity index (χ0) is 22.5. The van der Waals surface area contributed by atoms with E-state index in [1.807, 2.05) is 42.5 Å². The van der Waals surface area contributed by atoms with Crippen LogP contribution in [-0.4, -0.2) is 30.5 Å². The summed E-state index contributed by atoms with van der Waals surface area (Å²) < 4.78 is 1.24. The Balaban J connectivity index is 1.15. The second-order valence-electron chi connectivity index (χ2n) is 8.78. The van der Waals surface area contributed by atoms with Gasteiger partial charge in [-0.05, 0) is 42.0 Å². The van der Waals surface area contributed by atoms with Crippen molar-refractivity contribution in [1.82, 2.24) is 10.3 Å². The van der Waals surface area contributed by atoms with Crippen LogP contribution >= 0.6 is 11.3 Å². The number of fused-ring (bicyclic) bond motifs is 1. The largest absolute Gasteiger partial charge is 0.356 e. The number of hydrogen-bond donors (Lipinski definition) is 1. The predicted molar refractivity (Wildman–Crippen MR) is 137 cm³/mol. The second kappa shape index (κ2) is 10.2. The van der Waals surface area contributed by atoms with E-state index < -0.39 is 0 Å². The van der Waals surface area contributed by atoms with Crippen LogP contribution in [0.2, 0.25) is 0 Å². The van der Waals surface area contributed by atoms with Crippen LogP contribution in [0.5, 0.6) is 0 Å². The van der Waals surface area contributed by atoms with E-state index in [9.17, 15) is 4.79 Å². The molecule has 0 saturated carbocycles. The molecule has 3 aromatic carbocycles. The second-order valence-corrected chi connectivity index (χ2v) is 9.79. The Kier molecular flexibility index (Phi) is 6.68. The van der Waals surface area contributed by atoms with Crippen LogP contribution in [0.4, 0.5) is 5.13 Å². The number of aromatic nitrogens is 1. The number of nitrogens with zero attached hydrogens (tertiary/aromatic N) is 2. The molecule has 1 aliphatic heterocycles. The first-order valence-corrected chi connectivity index (χ1v) is 12.5. The molecule has 1 aromatic heterocycles. The van der Waals surface area contributed by atoms with E-state index in [-0.39, 0.29) is 11.8 Å². The van der Waals surface area contributed by atoms with Crippen LogP contribution in [0.15, 0.2) is 84.9 Å². The fourth-order valence-electron chi connectivity index (χ4n) is 4.64. The Labute approximate surface area is 199 Å². The molecular weight excluding hydrogens is 426 g/mol. The van der Waals surface area contributed by atoms with Gasteiger partial charge in [0.15, 0.2) is 5.13 Å². The minimum atomic E-state index is 0.0771. The normalized spacial score (nSPS) is 14.6. The molecule has 1 amide bonds. The van der Waals surface area contributed by atoms with Crippen molar-refractivity contribution in [1.29, 1.82) is 0 Å². The first-order chi connectivity index (χ1) is 16.3. The Morgan fingerprint density at radius 3 is 2.15 bits per heavy atom. The number of para-hydroxylation sites is 1. The SMILES string of the molecule is O=C(CC(c1ccccc1)c1ccccc1)NCC1CCN(c2nc3ccccc3s2)CC1. The molecule has 0 unspecified atom stereocenters. The van der Waals surface area contributed by atoms with Gasteiger partial charge in [-0.15, -0.1) is 0 Å². The maximum Gasteiger partial charge on any atom is 0.220 e. The highest BCUT2D eigenvalue weighted by Gasteiger charge is 2.23. The fraction of sp³-hybridized carbons (Fsp3) is 0.286. The molecule has 1 N–H and O–H groups in total. The summed E-state index contributed by atoms with van der Waals surface area (Å²) in [6.07, 6.45) is 2.63. The van der Waals surface area contributed by atoms with E-state index in [4.69, 9.17) is 4.98 Å². The molecule has 33 heavy (non-hydrogen) atoms. The van der Waals surface area contributed by atoms with Gasteiger partial charge in [0.05, 0.1) is 10.2 Å². The quantitative estimate of drug-likeness (QED) is 0.380. The minimum absolute atomic E-state index is 0.0771. The number of anilines is 1. The molecule has 5 heteroatoms. The fourth-order valence-corrected chi connectivity index (χ4v) is 5.66. The zero-order valence-electron chi connectivity index (χ0n) is 18.7. The van der Waals surface area contributed by atoms with Crippen molar-refractivity contribution >= 4 is 32.6 Å². The smallest absolute Gasteiger partial charge is 0.220 e. The molecule has 168 valence electrons. The van der Waals surface area contributed by atoms with Gasteiger partial charge >= 0.3 is 0 Å². The van der Waals surface area contributed by atoms with Gasteiger partial charge in [-0.3, -0.25) is 4.79 Å². The Hall–Kier alpha value is -3.18. The van der Waals surface area contributed by atoms with Crippen LogP contribution < -0.4 is 10.2 Å². The van der Waals surface area contributed by atoms with Crippen LogP contribution in [-0.2, 0) is 4.79 Å². The van der Waals surface area contributed by atoms with Crippen LogP contribution in [0.3, 0.4) is 0 Å². The lowest BCUT2D eigenvalue weighted by molar-refractivity contribution is -0.121. The molecule has 1 fully saturated rings. The number of benzene rings is 3. The molecular formula is C28H29N3OS. The number of thiazole rings is 1. The standard InChI is InChI=1S/C28H29N3OS/c32-27(19-24(22-9-3-1-4-10-22)23-11-5-2-6-12-23)29-20-21-15-17-31(18-16-21)28-30-25-13-7-8-14-26(25)33-28/h1-14,21,24H,15-20H2,(H,29,32). The monoisotopic (exact) mass is 455 g/mol. The summed E-state index contributed by atoms with van der Waals surface area (Å²) in [6, 6.07) is 29.0. The number of nitrogens with one attached hydrogen (secondary N) is 1. The first-order valence-electron chi connectivity index (χ1n) is 11.7. The van der Waals surface area contributed by atoms with E-state index in [2.05, 4.69) is 52.7 Å². The third kappa shape index (κ3) is 5.25. The third-order valence-corrected chi connectivity index (χ3v) is 7.65. The van der Waals surface area contributed by atoms with Gasteiger partial charge in [0.1, 0.15) is 0 Å². The topological polar surface area (TPSA) is 45.2 Å². The summed E-state index contributed by atoms with van der Waals surface area (Å²) in [5.74, 6) is 0.723. The summed E-state index contributed by atoms with van der Waals surface area (Å²) >= 11 is 1.77. The Morgan fingerprint density at radius 2 is 1.52 bits per heavy atom. The van der Waals surface area contributed by atoms with Crippen molar-refractivity contribution < 1.29 is 4.79 Å². The maximum atomic E-state index is 12.9. The highest BCUT2D eigenvalue weighted by atomic mass is 32.1. The Bertz CT molecular complexity index is 1110. The van der Waals surface area contributed by atoms with E-state index >= 15 is 0 Å². The van der Waals surface area contributed by atoms with Crippen molar-refractivity contribution in [2.45, 2.75) is 25.2 Å². The molecule has 4 aromatic rings. The minimum Gasteiger partial charge on any atom is -0.356 e. The molecule has 0 radical (unpaired) electrons. The molecule has 0 aliphatic carbocycles. The van der Waals surface area contributed by atoms with Gasteiger partial charge in [-0.2, -0.15) is 0 Å². The molecule has 1 saturated heterocycles. The summed E-state index contributed by atoms with van der Waals surface area (Å²) in [5, 5.41) is 4.35. The molecule has 1 aliphatic rings. The predicted octanol–water partition coefficient (Wildman–Crippen LogP) is 5.85. The van der Waals surface area contributed by atoms with Crippen LogP contribution in [0.1, 0.15) is 36.3 Å². The van der Waals surface area contributed by atoms with E-state index in [0.29, 0.717) is 12.3 Å². The van der Waals surface area contributed by atoms with Gasteiger partial charge in [0.2, 0.25) is 5.91 Å². The van der Waals surface area contributed by atoms with Crippen molar-refractivity contribution in [3.8, 4) is 0 Å². The highest BCUT2D eigenvalue weighted by Crippen LogP contribution is 2.31. The van der Waals surface area contributed by atoms with Crippen molar-refractivity contribution in [3.05, 3.63) is 96.1 Å². The van der Waals surface area contributed by atoms with Crippen LogP contribution in [0.25, 0.3) is 10.2 Å². The number of amides is 1. The molecule has 4 nitrogen and oxygen atoms in total. The maximum absolute atomic E-state index is 12.9. The lowest BCUT2D eigenvalue weighted by atomic mass is 9.88. The van der Waals surface area contributed by atoms with Gasteiger partial charge in [-0.25, -0.2) is 4.98 Å². The first kappa shape index (κ1) is 21.7. The molecule has 5 rings (SSSR count). The van der Waals surface area contributed by atoms with Gasteiger partial charge in [0.25, 0.3) is 0 Å². The van der Waals surface area contributed by atoms with E-state index in [1.54, 1.807) is 11.3 Å². The summed E-state index contributed by atoms with van der Waals surface area (Å²) in [6.45, 7) is 2.75. The summed E-state index contributed by atoms with van der Waals surface area (Å²) in [4.78, 5) is 20.1.